The predicted molar refractivity (Wildman–Crippen MR) is 31.9 cm³/mol. The lowest BCUT2D eigenvalue weighted by atomic mass is 10.2. The van der Waals surface area contributed by atoms with Gasteiger partial charge in [0.25, 0.3) is 0 Å². The molecule has 42 valence electrons. The molecule has 8 heavy (non-hydrogen) atoms. The van der Waals surface area contributed by atoms with Crippen LogP contribution >= 0.6 is 0 Å². The van der Waals surface area contributed by atoms with E-state index in [0.29, 0.717) is 5.71 Å². The lowest BCUT2D eigenvalue weighted by Gasteiger charge is -1.96. The van der Waals surface area contributed by atoms with Crippen LogP contribution in [0.2, 0.25) is 0 Å². The molecule has 2 nitrogen and oxygen atoms in total. The summed E-state index contributed by atoms with van der Waals surface area (Å²) in [6, 6.07) is 0. The Morgan fingerprint density at radius 1 is 1.75 bits per heavy atom. The van der Waals surface area contributed by atoms with E-state index in [1.54, 1.807) is 6.20 Å². The van der Waals surface area contributed by atoms with E-state index >= 15 is 0 Å². The van der Waals surface area contributed by atoms with Crippen LogP contribution in [0.3, 0.4) is 0 Å². The highest BCUT2D eigenvalue weighted by molar-refractivity contribution is 6.28. The lowest BCUT2D eigenvalue weighted by molar-refractivity contribution is -0.102. The molecule has 0 radical (unpaired) electrons. The quantitative estimate of drug-likeness (QED) is 0.460. The molecular weight excluding hydrogens is 102 g/mol. The number of hydrogen-bond acceptors (Lipinski definition) is 2. The van der Waals surface area contributed by atoms with Crippen LogP contribution in [0.4, 0.5) is 0 Å². The third kappa shape index (κ3) is 1.03. The molecule has 1 aliphatic rings. The van der Waals surface area contributed by atoms with Crippen molar-refractivity contribution in [2.75, 3.05) is 0 Å². The van der Waals surface area contributed by atoms with Crippen LogP contribution < -0.4 is 0 Å². The van der Waals surface area contributed by atoms with Crippen molar-refractivity contribution < 1.29 is 4.79 Å². The fraction of sp³-hybridized carbons (Fsp3) is 0.333. The number of carbonyl (C=O) groups excluding carboxylic acids is 1. The molecule has 0 aromatic carbocycles. The summed E-state index contributed by atoms with van der Waals surface area (Å²) in [5, 5.41) is 0. The Hall–Kier alpha value is -0.920. The van der Waals surface area contributed by atoms with Gasteiger partial charge in [-0.05, 0) is 12.8 Å². The third-order valence-electron chi connectivity index (χ3n) is 1.05. The highest BCUT2D eigenvalue weighted by Gasteiger charge is 1.96. The number of allylic oxidation sites excluding steroid dienone is 1. The SMILES string of the molecule is O=CC1=NC=CCC1. The van der Waals surface area contributed by atoms with Crippen LogP contribution in [0.1, 0.15) is 12.8 Å². The lowest BCUT2D eigenvalue weighted by Crippen LogP contribution is -1.99. The van der Waals surface area contributed by atoms with Crippen LogP contribution in [0.15, 0.2) is 17.3 Å². The maximum absolute atomic E-state index is 10.00. The molecule has 2 heteroatoms. The molecular formula is C6H7NO. The van der Waals surface area contributed by atoms with Crippen molar-refractivity contribution >= 4 is 12.0 Å². The monoisotopic (exact) mass is 109 g/mol. The van der Waals surface area contributed by atoms with Crippen LogP contribution in [-0.2, 0) is 4.79 Å². The van der Waals surface area contributed by atoms with Crippen LogP contribution in [-0.4, -0.2) is 12.0 Å². The average molecular weight is 109 g/mol. The first-order chi connectivity index (χ1) is 3.93. The highest BCUT2D eigenvalue weighted by Crippen LogP contribution is 1.99. The molecule has 0 spiro atoms. The van der Waals surface area contributed by atoms with E-state index in [0.717, 1.165) is 19.1 Å². The van der Waals surface area contributed by atoms with Crippen LogP contribution in [0.25, 0.3) is 0 Å². The number of nitrogens with zero attached hydrogens (tertiary/aromatic N) is 1. The fourth-order valence-electron chi connectivity index (χ4n) is 0.608. The van der Waals surface area contributed by atoms with Gasteiger partial charge < -0.3 is 0 Å². The second-order valence-electron chi connectivity index (χ2n) is 1.66. The van der Waals surface area contributed by atoms with Crippen LogP contribution in [0.5, 0.6) is 0 Å². The van der Waals surface area contributed by atoms with Gasteiger partial charge in [-0.1, -0.05) is 6.08 Å². The van der Waals surface area contributed by atoms with Crippen molar-refractivity contribution in [1.82, 2.24) is 0 Å². The smallest absolute Gasteiger partial charge is 0.164 e. The van der Waals surface area contributed by atoms with Gasteiger partial charge in [-0.2, -0.15) is 0 Å². The molecule has 0 aromatic rings. The molecule has 0 amide bonds. The van der Waals surface area contributed by atoms with Crippen molar-refractivity contribution in [3.8, 4) is 0 Å². The van der Waals surface area contributed by atoms with Gasteiger partial charge in [0.05, 0.1) is 5.71 Å². The Morgan fingerprint density at radius 2 is 2.62 bits per heavy atom. The number of rotatable bonds is 1. The van der Waals surface area contributed by atoms with Gasteiger partial charge in [-0.25, -0.2) is 0 Å². The first kappa shape index (κ1) is 5.22. The summed E-state index contributed by atoms with van der Waals surface area (Å²) in [5.41, 5.74) is 0.660. The van der Waals surface area contributed by atoms with Gasteiger partial charge in [0.1, 0.15) is 0 Å². The number of aldehydes is 1. The number of carbonyl (C=O) groups is 1. The van der Waals surface area contributed by atoms with Gasteiger partial charge in [0.2, 0.25) is 0 Å². The topological polar surface area (TPSA) is 29.4 Å². The fourth-order valence-corrected chi connectivity index (χ4v) is 0.608. The van der Waals surface area contributed by atoms with Gasteiger partial charge in [-0.15, -0.1) is 0 Å². The van der Waals surface area contributed by atoms with Gasteiger partial charge in [0.15, 0.2) is 6.29 Å². The van der Waals surface area contributed by atoms with E-state index in [2.05, 4.69) is 4.99 Å². The Morgan fingerprint density at radius 3 is 3.00 bits per heavy atom. The summed E-state index contributed by atoms with van der Waals surface area (Å²) in [5.74, 6) is 0. The molecule has 0 aliphatic carbocycles. The van der Waals surface area contributed by atoms with Crippen molar-refractivity contribution in [3.05, 3.63) is 12.3 Å². The standard InChI is InChI=1S/C6H7NO/c8-5-6-3-1-2-4-7-6/h2,4-5H,1,3H2. The van der Waals surface area contributed by atoms with Crippen molar-refractivity contribution in [3.63, 3.8) is 0 Å². The molecule has 0 bridgehead atoms. The van der Waals surface area contributed by atoms with Crippen molar-refractivity contribution in [1.29, 1.82) is 0 Å². The Balaban J connectivity index is 2.63. The molecule has 1 aliphatic heterocycles. The summed E-state index contributed by atoms with van der Waals surface area (Å²) in [6.07, 6.45) is 6.20. The minimum atomic E-state index is 0.660. The molecule has 0 fully saturated rings. The zero-order valence-corrected chi connectivity index (χ0v) is 4.50. The zero-order chi connectivity index (χ0) is 5.82. The summed E-state index contributed by atoms with van der Waals surface area (Å²) in [7, 11) is 0. The first-order valence-corrected chi connectivity index (χ1v) is 2.60. The molecule has 1 rings (SSSR count). The average Bonchev–Trinajstić information content (AvgIpc) is 1.90. The Bertz CT molecular complexity index is 147. The van der Waals surface area contributed by atoms with E-state index in [1.807, 2.05) is 6.08 Å². The van der Waals surface area contributed by atoms with Crippen molar-refractivity contribution in [2.45, 2.75) is 12.8 Å². The van der Waals surface area contributed by atoms with Gasteiger partial charge in [0, 0.05) is 6.20 Å². The summed E-state index contributed by atoms with van der Waals surface area (Å²) < 4.78 is 0. The first-order valence-electron chi connectivity index (χ1n) is 2.60. The zero-order valence-electron chi connectivity index (χ0n) is 4.50. The molecule has 0 N–H and O–H groups in total. The number of aliphatic imine (C=N–C) groups is 1. The van der Waals surface area contributed by atoms with E-state index in [1.165, 1.54) is 0 Å². The second-order valence-corrected chi connectivity index (χ2v) is 1.66. The second kappa shape index (κ2) is 2.40. The predicted octanol–water partition coefficient (Wildman–Crippen LogP) is 0.934. The van der Waals surface area contributed by atoms with Gasteiger partial charge in [-0.3, -0.25) is 9.79 Å². The van der Waals surface area contributed by atoms with E-state index in [9.17, 15) is 4.79 Å². The maximum atomic E-state index is 10.00. The van der Waals surface area contributed by atoms with Crippen molar-refractivity contribution in [2.24, 2.45) is 4.99 Å². The van der Waals surface area contributed by atoms with Gasteiger partial charge >= 0.3 is 0 Å². The maximum Gasteiger partial charge on any atom is 0.164 e. The molecule has 0 atom stereocenters. The normalized spacial score (nSPS) is 17.8. The Labute approximate surface area is 47.9 Å². The molecule has 0 unspecified atom stereocenters. The Kier molecular flexibility index (Phi) is 1.57. The number of hydrogen-bond donors (Lipinski definition) is 0. The van der Waals surface area contributed by atoms with E-state index < -0.39 is 0 Å². The van der Waals surface area contributed by atoms with E-state index in [-0.39, 0.29) is 0 Å². The minimum Gasteiger partial charge on any atom is -0.297 e. The van der Waals surface area contributed by atoms with Crippen LogP contribution in [0, 0.1) is 0 Å². The van der Waals surface area contributed by atoms with E-state index in [4.69, 9.17) is 0 Å². The summed E-state index contributed by atoms with van der Waals surface area (Å²) in [6.45, 7) is 0. The molecule has 0 saturated carbocycles. The molecule has 0 aromatic heterocycles. The summed E-state index contributed by atoms with van der Waals surface area (Å²) >= 11 is 0. The molecule has 0 saturated heterocycles. The minimum absolute atomic E-state index is 0.660. The largest absolute Gasteiger partial charge is 0.297 e. The third-order valence-corrected chi connectivity index (χ3v) is 1.05. The highest BCUT2D eigenvalue weighted by atomic mass is 16.1. The molecule has 1 heterocycles. The summed E-state index contributed by atoms with van der Waals surface area (Å²) in [4.78, 5) is 13.8.